The minimum absolute atomic E-state index is 0.273. The molecule has 2 unspecified atom stereocenters. The molecule has 0 aromatic carbocycles. The fraction of sp³-hybridized carbons (Fsp3) is 1.00. The first-order chi connectivity index (χ1) is 4.14. The van der Waals surface area contributed by atoms with Crippen LogP contribution in [0.4, 0.5) is 0 Å². The van der Waals surface area contributed by atoms with Crippen LogP contribution in [0.15, 0.2) is 0 Å². The van der Waals surface area contributed by atoms with E-state index in [1.165, 1.54) is 0 Å². The number of hydrogen-bond acceptors (Lipinski definition) is 2. The van der Waals surface area contributed by atoms with Gasteiger partial charge < -0.3 is 9.47 Å². The van der Waals surface area contributed by atoms with E-state index in [2.05, 4.69) is 22.9 Å². The first-order valence-corrected chi connectivity index (χ1v) is 3.94. The van der Waals surface area contributed by atoms with E-state index in [0.29, 0.717) is 6.61 Å². The molecule has 0 aromatic heterocycles. The standard InChI is InChI=1S/C6H11BrO2/c1-3-5-4-8-6(2,7)9-5/h5H,3-4H2,1-2H3. The topological polar surface area (TPSA) is 18.5 Å². The zero-order valence-electron chi connectivity index (χ0n) is 5.69. The smallest absolute Gasteiger partial charge is 0.223 e. The average molecular weight is 195 g/mol. The summed E-state index contributed by atoms with van der Waals surface area (Å²) in [6, 6.07) is 0. The predicted molar refractivity (Wildman–Crippen MR) is 38.4 cm³/mol. The Morgan fingerprint density at radius 1 is 1.78 bits per heavy atom. The van der Waals surface area contributed by atoms with Crippen molar-refractivity contribution in [2.75, 3.05) is 6.61 Å². The largest absolute Gasteiger partial charge is 0.338 e. The van der Waals surface area contributed by atoms with E-state index in [4.69, 9.17) is 9.47 Å². The normalized spacial score (nSPS) is 43.7. The Morgan fingerprint density at radius 2 is 2.44 bits per heavy atom. The molecule has 2 nitrogen and oxygen atoms in total. The molecule has 1 rings (SSSR count). The first-order valence-electron chi connectivity index (χ1n) is 3.15. The molecule has 1 heterocycles. The van der Waals surface area contributed by atoms with Gasteiger partial charge in [0.05, 0.1) is 12.7 Å². The molecule has 0 spiro atoms. The highest BCUT2D eigenvalue weighted by atomic mass is 79.9. The molecule has 0 N–H and O–H groups in total. The monoisotopic (exact) mass is 194 g/mol. The summed E-state index contributed by atoms with van der Waals surface area (Å²) in [4.78, 5) is 0. The lowest BCUT2D eigenvalue weighted by atomic mass is 10.3. The van der Waals surface area contributed by atoms with E-state index in [-0.39, 0.29) is 6.10 Å². The molecular weight excluding hydrogens is 184 g/mol. The number of halogens is 1. The molecule has 1 fully saturated rings. The van der Waals surface area contributed by atoms with Gasteiger partial charge >= 0.3 is 0 Å². The van der Waals surface area contributed by atoms with Crippen LogP contribution in [0.3, 0.4) is 0 Å². The minimum atomic E-state index is -0.520. The molecule has 1 aliphatic rings. The average Bonchev–Trinajstić information content (AvgIpc) is 2.10. The van der Waals surface area contributed by atoms with Gasteiger partial charge in [0, 0.05) is 6.92 Å². The van der Waals surface area contributed by atoms with Crippen molar-refractivity contribution in [1.29, 1.82) is 0 Å². The summed E-state index contributed by atoms with van der Waals surface area (Å²) in [5.74, 6) is 0. The summed E-state index contributed by atoms with van der Waals surface area (Å²) in [7, 11) is 0. The molecule has 0 saturated carbocycles. The third-order valence-electron chi connectivity index (χ3n) is 1.36. The molecule has 0 bridgehead atoms. The third-order valence-corrected chi connectivity index (χ3v) is 1.78. The molecule has 54 valence electrons. The van der Waals surface area contributed by atoms with E-state index >= 15 is 0 Å². The number of alkyl halides is 1. The Balaban J connectivity index is 2.38. The molecule has 3 heteroatoms. The van der Waals surface area contributed by atoms with Crippen LogP contribution in [0.1, 0.15) is 20.3 Å². The predicted octanol–water partition coefficient (Wildman–Crippen LogP) is 1.88. The summed E-state index contributed by atoms with van der Waals surface area (Å²) in [6.07, 6.45) is 1.29. The van der Waals surface area contributed by atoms with Gasteiger partial charge in [-0.3, -0.25) is 0 Å². The van der Waals surface area contributed by atoms with Crippen LogP contribution in [-0.2, 0) is 9.47 Å². The van der Waals surface area contributed by atoms with E-state index < -0.39 is 4.70 Å². The van der Waals surface area contributed by atoms with Gasteiger partial charge in [-0.05, 0) is 22.4 Å². The highest BCUT2D eigenvalue weighted by molar-refractivity contribution is 9.10. The maximum Gasteiger partial charge on any atom is 0.223 e. The molecule has 1 aliphatic heterocycles. The molecular formula is C6H11BrO2. The summed E-state index contributed by atoms with van der Waals surface area (Å²) < 4.78 is 10.1. The zero-order chi connectivity index (χ0) is 6.91. The van der Waals surface area contributed by atoms with Gasteiger partial charge in [-0.15, -0.1) is 0 Å². The van der Waals surface area contributed by atoms with Crippen LogP contribution in [-0.4, -0.2) is 17.4 Å². The van der Waals surface area contributed by atoms with Crippen LogP contribution in [0.2, 0.25) is 0 Å². The van der Waals surface area contributed by atoms with Crippen molar-refractivity contribution in [1.82, 2.24) is 0 Å². The van der Waals surface area contributed by atoms with E-state index in [1.54, 1.807) is 0 Å². The van der Waals surface area contributed by atoms with Crippen molar-refractivity contribution < 1.29 is 9.47 Å². The second-order valence-corrected chi connectivity index (χ2v) is 3.73. The second-order valence-electron chi connectivity index (χ2n) is 2.29. The van der Waals surface area contributed by atoms with Gasteiger partial charge in [-0.25, -0.2) is 0 Å². The van der Waals surface area contributed by atoms with Crippen LogP contribution in [0.25, 0.3) is 0 Å². The van der Waals surface area contributed by atoms with Crippen molar-refractivity contribution >= 4 is 15.9 Å². The summed E-state index contributed by atoms with van der Waals surface area (Å²) in [5, 5.41) is 0. The fourth-order valence-electron chi connectivity index (χ4n) is 0.809. The van der Waals surface area contributed by atoms with Gasteiger partial charge in [-0.2, -0.15) is 0 Å². The lowest BCUT2D eigenvalue weighted by Crippen LogP contribution is -2.16. The minimum Gasteiger partial charge on any atom is -0.338 e. The number of rotatable bonds is 1. The molecule has 0 aromatic rings. The molecule has 0 aliphatic carbocycles. The van der Waals surface area contributed by atoms with Gasteiger partial charge in [0.1, 0.15) is 0 Å². The molecule has 2 atom stereocenters. The third kappa shape index (κ3) is 1.92. The van der Waals surface area contributed by atoms with Gasteiger partial charge in [-0.1, -0.05) is 6.92 Å². The lowest BCUT2D eigenvalue weighted by Gasteiger charge is -2.13. The zero-order valence-corrected chi connectivity index (χ0v) is 7.27. The molecule has 0 radical (unpaired) electrons. The van der Waals surface area contributed by atoms with Crippen LogP contribution in [0.5, 0.6) is 0 Å². The lowest BCUT2D eigenvalue weighted by molar-refractivity contribution is -0.0686. The van der Waals surface area contributed by atoms with Crippen LogP contribution in [0, 0.1) is 0 Å². The van der Waals surface area contributed by atoms with Gasteiger partial charge in [0.15, 0.2) is 0 Å². The molecule has 0 amide bonds. The summed E-state index contributed by atoms with van der Waals surface area (Å²) in [6.45, 7) is 4.66. The Hall–Kier alpha value is 0.400. The van der Waals surface area contributed by atoms with Crippen molar-refractivity contribution in [3.63, 3.8) is 0 Å². The van der Waals surface area contributed by atoms with Gasteiger partial charge in [0.2, 0.25) is 4.70 Å². The first kappa shape index (κ1) is 7.51. The molecule has 1 saturated heterocycles. The molecule has 9 heavy (non-hydrogen) atoms. The number of ether oxygens (including phenoxy) is 2. The van der Waals surface area contributed by atoms with Crippen molar-refractivity contribution in [2.45, 2.75) is 31.1 Å². The van der Waals surface area contributed by atoms with Crippen molar-refractivity contribution in [2.24, 2.45) is 0 Å². The maximum absolute atomic E-state index is 5.39. The van der Waals surface area contributed by atoms with E-state index in [9.17, 15) is 0 Å². The fourth-order valence-corrected chi connectivity index (χ4v) is 1.21. The summed E-state index contributed by atoms with van der Waals surface area (Å²) >= 11 is 3.28. The Labute approximate surface area is 63.7 Å². The van der Waals surface area contributed by atoms with Crippen molar-refractivity contribution in [3.8, 4) is 0 Å². The van der Waals surface area contributed by atoms with Crippen LogP contribution >= 0.6 is 15.9 Å². The number of hydrogen-bond donors (Lipinski definition) is 0. The summed E-state index contributed by atoms with van der Waals surface area (Å²) in [5.41, 5.74) is 0. The highest BCUT2D eigenvalue weighted by Gasteiger charge is 2.33. The Kier molecular flexibility index (Phi) is 2.14. The van der Waals surface area contributed by atoms with Crippen LogP contribution < -0.4 is 0 Å². The Bertz CT molecular complexity index is 103. The Morgan fingerprint density at radius 3 is 2.67 bits per heavy atom. The van der Waals surface area contributed by atoms with E-state index in [0.717, 1.165) is 6.42 Å². The maximum atomic E-state index is 5.39. The second kappa shape index (κ2) is 2.56. The van der Waals surface area contributed by atoms with Gasteiger partial charge in [0.25, 0.3) is 0 Å². The van der Waals surface area contributed by atoms with E-state index in [1.807, 2.05) is 6.92 Å². The quantitative estimate of drug-likeness (QED) is 0.594. The van der Waals surface area contributed by atoms with Crippen molar-refractivity contribution in [3.05, 3.63) is 0 Å². The highest BCUT2D eigenvalue weighted by Crippen LogP contribution is 2.29. The SMILES string of the molecule is CCC1COC(C)(Br)O1.